The molecule has 0 aliphatic carbocycles. The average molecular weight is 312 g/mol. The molecule has 0 saturated heterocycles. The van der Waals surface area contributed by atoms with Gasteiger partial charge in [-0.2, -0.15) is 0 Å². The summed E-state index contributed by atoms with van der Waals surface area (Å²) in [6, 6.07) is 5.92. The van der Waals surface area contributed by atoms with Crippen LogP contribution in [0.25, 0.3) is 0 Å². The first-order valence-corrected chi connectivity index (χ1v) is 6.78. The first-order valence-electron chi connectivity index (χ1n) is 5.98. The SMILES string of the molecule is CC(C)(N)CCN1CC(=O)Nc2cc(Br)ccc21. The number of carbonyl (C=O) groups excluding carboxylic acids is 1. The molecule has 5 heteroatoms. The number of halogens is 1. The van der Waals surface area contributed by atoms with Crippen molar-refractivity contribution in [1.82, 2.24) is 0 Å². The Morgan fingerprint density at radius 2 is 2.22 bits per heavy atom. The molecule has 0 radical (unpaired) electrons. The van der Waals surface area contributed by atoms with E-state index in [1.54, 1.807) is 0 Å². The third-order valence-corrected chi connectivity index (χ3v) is 3.43. The molecule has 0 spiro atoms. The molecule has 1 amide bonds. The second-order valence-electron chi connectivity index (χ2n) is 5.37. The van der Waals surface area contributed by atoms with Gasteiger partial charge in [0.15, 0.2) is 0 Å². The third kappa shape index (κ3) is 3.23. The predicted octanol–water partition coefficient (Wildman–Crippen LogP) is 2.33. The summed E-state index contributed by atoms with van der Waals surface area (Å²) in [7, 11) is 0. The van der Waals surface area contributed by atoms with Gasteiger partial charge in [-0.05, 0) is 38.5 Å². The molecule has 4 nitrogen and oxygen atoms in total. The molecule has 1 aromatic carbocycles. The van der Waals surface area contributed by atoms with Crippen LogP contribution in [0.15, 0.2) is 22.7 Å². The van der Waals surface area contributed by atoms with Gasteiger partial charge in [-0.1, -0.05) is 15.9 Å². The van der Waals surface area contributed by atoms with E-state index < -0.39 is 0 Å². The molecule has 18 heavy (non-hydrogen) atoms. The Bertz CT molecular complexity index is 468. The third-order valence-electron chi connectivity index (χ3n) is 2.93. The number of fused-ring (bicyclic) bond motifs is 1. The molecular weight excluding hydrogens is 294 g/mol. The van der Waals surface area contributed by atoms with Gasteiger partial charge in [0.25, 0.3) is 0 Å². The van der Waals surface area contributed by atoms with E-state index in [1.165, 1.54) is 0 Å². The molecule has 1 aromatic rings. The maximum atomic E-state index is 11.7. The Balaban J connectivity index is 2.20. The van der Waals surface area contributed by atoms with Crippen molar-refractivity contribution in [3.8, 4) is 0 Å². The number of rotatable bonds is 3. The summed E-state index contributed by atoms with van der Waals surface area (Å²) >= 11 is 3.41. The number of benzene rings is 1. The molecule has 0 saturated carbocycles. The molecule has 98 valence electrons. The molecule has 0 bridgehead atoms. The van der Waals surface area contributed by atoms with Gasteiger partial charge in [0, 0.05) is 16.6 Å². The second-order valence-corrected chi connectivity index (χ2v) is 6.29. The summed E-state index contributed by atoms with van der Waals surface area (Å²) in [4.78, 5) is 13.8. The molecule has 0 atom stereocenters. The Hall–Kier alpha value is -1.07. The maximum absolute atomic E-state index is 11.7. The van der Waals surface area contributed by atoms with Crippen molar-refractivity contribution in [3.63, 3.8) is 0 Å². The first-order chi connectivity index (χ1) is 8.35. The van der Waals surface area contributed by atoms with Crippen molar-refractivity contribution in [2.24, 2.45) is 5.73 Å². The highest BCUT2D eigenvalue weighted by atomic mass is 79.9. The van der Waals surface area contributed by atoms with E-state index in [4.69, 9.17) is 5.73 Å². The van der Waals surface area contributed by atoms with Crippen LogP contribution in [0.4, 0.5) is 11.4 Å². The van der Waals surface area contributed by atoms with Crippen LogP contribution in [-0.2, 0) is 4.79 Å². The van der Waals surface area contributed by atoms with E-state index in [-0.39, 0.29) is 11.4 Å². The number of nitrogens with zero attached hydrogens (tertiary/aromatic N) is 1. The van der Waals surface area contributed by atoms with Crippen LogP contribution in [0.1, 0.15) is 20.3 Å². The fourth-order valence-corrected chi connectivity index (χ4v) is 2.32. The topological polar surface area (TPSA) is 58.4 Å². The van der Waals surface area contributed by atoms with E-state index in [2.05, 4.69) is 26.1 Å². The van der Waals surface area contributed by atoms with Gasteiger partial charge < -0.3 is 16.0 Å². The Kier molecular flexibility index (Phi) is 3.64. The number of hydrogen-bond acceptors (Lipinski definition) is 3. The van der Waals surface area contributed by atoms with E-state index >= 15 is 0 Å². The summed E-state index contributed by atoms with van der Waals surface area (Å²) in [6.07, 6.45) is 0.843. The summed E-state index contributed by atoms with van der Waals surface area (Å²) in [6.45, 7) is 5.18. The normalized spacial score (nSPS) is 15.3. The van der Waals surface area contributed by atoms with Crippen LogP contribution in [0.3, 0.4) is 0 Å². The average Bonchev–Trinajstić information content (AvgIpc) is 2.24. The predicted molar refractivity (Wildman–Crippen MR) is 77.9 cm³/mol. The molecule has 0 aromatic heterocycles. The van der Waals surface area contributed by atoms with E-state index in [0.29, 0.717) is 6.54 Å². The Morgan fingerprint density at radius 1 is 1.50 bits per heavy atom. The Labute approximate surface area is 116 Å². The quantitative estimate of drug-likeness (QED) is 0.900. The van der Waals surface area contributed by atoms with Gasteiger partial charge in [0.1, 0.15) is 0 Å². The molecule has 0 fully saturated rings. The molecule has 3 N–H and O–H groups in total. The van der Waals surface area contributed by atoms with Crippen molar-refractivity contribution in [3.05, 3.63) is 22.7 Å². The van der Waals surface area contributed by atoms with Crippen molar-refractivity contribution >= 4 is 33.2 Å². The van der Waals surface area contributed by atoms with Gasteiger partial charge in [-0.25, -0.2) is 0 Å². The van der Waals surface area contributed by atoms with Crippen molar-refractivity contribution in [1.29, 1.82) is 0 Å². The number of nitrogens with two attached hydrogens (primary N) is 1. The lowest BCUT2D eigenvalue weighted by Crippen LogP contribution is -2.42. The maximum Gasteiger partial charge on any atom is 0.243 e. The smallest absolute Gasteiger partial charge is 0.243 e. The highest BCUT2D eigenvalue weighted by molar-refractivity contribution is 9.10. The number of hydrogen-bond donors (Lipinski definition) is 2. The van der Waals surface area contributed by atoms with Crippen LogP contribution < -0.4 is 16.0 Å². The standard InChI is InChI=1S/C13H18BrN3O/c1-13(2,15)5-6-17-8-12(18)16-10-7-9(14)3-4-11(10)17/h3-4,7H,5-6,8,15H2,1-2H3,(H,16,18). The van der Waals surface area contributed by atoms with Crippen LogP contribution in [0.2, 0.25) is 0 Å². The van der Waals surface area contributed by atoms with Crippen LogP contribution in [-0.4, -0.2) is 24.5 Å². The van der Waals surface area contributed by atoms with Gasteiger partial charge in [-0.3, -0.25) is 4.79 Å². The lowest BCUT2D eigenvalue weighted by atomic mass is 10.0. The lowest BCUT2D eigenvalue weighted by molar-refractivity contribution is -0.115. The second kappa shape index (κ2) is 4.90. The van der Waals surface area contributed by atoms with Crippen LogP contribution >= 0.6 is 15.9 Å². The van der Waals surface area contributed by atoms with Gasteiger partial charge >= 0.3 is 0 Å². The van der Waals surface area contributed by atoms with Crippen LogP contribution in [0.5, 0.6) is 0 Å². The Morgan fingerprint density at radius 3 is 2.89 bits per heavy atom. The molecular formula is C13H18BrN3O. The highest BCUT2D eigenvalue weighted by Gasteiger charge is 2.23. The number of nitrogens with one attached hydrogen (secondary N) is 1. The van der Waals surface area contributed by atoms with E-state index in [1.807, 2.05) is 32.0 Å². The van der Waals surface area contributed by atoms with Crippen molar-refractivity contribution in [2.45, 2.75) is 25.8 Å². The van der Waals surface area contributed by atoms with E-state index in [9.17, 15) is 4.79 Å². The molecule has 1 aliphatic heterocycles. The monoisotopic (exact) mass is 311 g/mol. The number of amides is 1. The van der Waals surface area contributed by atoms with E-state index in [0.717, 1.165) is 28.8 Å². The van der Waals surface area contributed by atoms with Crippen LogP contribution in [0, 0.1) is 0 Å². The van der Waals surface area contributed by atoms with Gasteiger partial charge in [0.05, 0.1) is 17.9 Å². The summed E-state index contributed by atoms with van der Waals surface area (Å²) in [5, 5.41) is 2.89. The molecule has 0 unspecified atom stereocenters. The van der Waals surface area contributed by atoms with Crippen molar-refractivity contribution in [2.75, 3.05) is 23.3 Å². The van der Waals surface area contributed by atoms with Gasteiger partial charge in [-0.15, -0.1) is 0 Å². The van der Waals surface area contributed by atoms with Crippen molar-refractivity contribution < 1.29 is 4.79 Å². The largest absolute Gasteiger partial charge is 0.360 e. The number of carbonyl (C=O) groups is 1. The zero-order valence-electron chi connectivity index (χ0n) is 10.7. The summed E-state index contributed by atoms with van der Waals surface area (Å²) in [5.74, 6) is 0.0235. The molecule has 1 heterocycles. The minimum Gasteiger partial charge on any atom is -0.360 e. The number of anilines is 2. The minimum atomic E-state index is -0.219. The minimum absolute atomic E-state index is 0.0235. The van der Waals surface area contributed by atoms with Gasteiger partial charge in [0.2, 0.25) is 5.91 Å². The molecule has 1 aliphatic rings. The lowest BCUT2D eigenvalue weighted by Gasteiger charge is -2.33. The molecule has 2 rings (SSSR count). The fourth-order valence-electron chi connectivity index (χ4n) is 1.96. The summed E-state index contributed by atoms with van der Waals surface area (Å²) in [5.41, 5.74) is 7.69. The summed E-state index contributed by atoms with van der Waals surface area (Å²) < 4.78 is 0.961. The fraction of sp³-hybridized carbons (Fsp3) is 0.462. The first kappa shape index (κ1) is 13.4. The zero-order valence-corrected chi connectivity index (χ0v) is 12.3. The highest BCUT2D eigenvalue weighted by Crippen LogP contribution is 2.32. The zero-order chi connectivity index (χ0) is 13.3.